The van der Waals surface area contributed by atoms with Crippen molar-refractivity contribution in [3.8, 4) is 11.5 Å². The van der Waals surface area contributed by atoms with Crippen LogP contribution in [0.4, 0.5) is 4.39 Å². The molecule has 0 amide bonds. The third-order valence-electron chi connectivity index (χ3n) is 2.76. The third-order valence-corrected chi connectivity index (χ3v) is 3.38. The lowest BCUT2D eigenvalue weighted by atomic mass is 10.1. The Morgan fingerprint density at radius 3 is 2.74 bits per heavy atom. The van der Waals surface area contributed by atoms with Crippen LogP contribution < -0.4 is 10.5 Å². The van der Waals surface area contributed by atoms with Crippen molar-refractivity contribution in [1.82, 2.24) is 0 Å². The average molecular weight is 324 g/mol. The third kappa shape index (κ3) is 3.33. The van der Waals surface area contributed by atoms with Gasteiger partial charge in [0.1, 0.15) is 5.75 Å². The van der Waals surface area contributed by atoms with Crippen molar-refractivity contribution in [1.29, 1.82) is 0 Å². The molecule has 2 N–H and O–H groups in total. The predicted molar refractivity (Wildman–Crippen MR) is 78.1 cm³/mol. The number of halogens is 2. The number of aryl methyl sites for hydroxylation is 1. The zero-order valence-corrected chi connectivity index (χ0v) is 12.2. The van der Waals surface area contributed by atoms with Gasteiger partial charge in [0.15, 0.2) is 11.6 Å². The van der Waals surface area contributed by atoms with Crippen LogP contribution in [0.2, 0.25) is 0 Å². The zero-order chi connectivity index (χ0) is 13.8. The number of hydrogen-bond acceptors (Lipinski definition) is 2. The average Bonchev–Trinajstić information content (AvgIpc) is 2.36. The van der Waals surface area contributed by atoms with Gasteiger partial charge >= 0.3 is 0 Å². The highest BCUT2D eigenvalue weighted by Gasteiger charge is 2.12. The van der Waals surface area contributed by atoms with Crippen molar-refractivity contribution in [3.05, 3.63) is 57.8 Å². The monoisotopic (exact) mass is 323 g/mol. The predicted octanol–water partition coefficient (Wildman–Crippen LogP) is 4.19. The molecule has 4 heteroatoms. The van der Waals surface area contributed by atoms with E-state index >= 15 is 0 Å². The molecule has 2 rings (SSSR count). The summed E-state index contributed by atoms with van der Waals surface area (Å²) in [5.41, 5.74) is 7.41. The maximum absolute atomic E-state index is 13.9. The standard InChI is InChI=1S/C15H15BrFNO/c1-10-5-6-14(12(16)9-10)19-15-11(7-8-18)3-2-4-13(15)17/h2-6,9H,7-8,18H2,1H3. The van der Waals surface area contributed by atoms with Crippen LogP contribution in [0.3, 0.4) is 0 Å². The first-order valence-electron chi connectivity index (χ1n) is 6.03. The summed E-state index contributed by atoms with van der Waals surface area (Å²) in [4.78, 5) is 0. The lowest BCUT2D eigenvalue weighted by Gasteiger charge is -2.13. The Morgan fingerprint density at radius 1 is 1.26 bits per heavy atom. The van der Waals surface area contributed by atoms with Gasteiger partial charge in [-0.2, -0.15) is 0 Å². The molecule has 2 aromatic rings. The van der Waals surface area contributed by atoms with Gasteiger partial charge < -0.3 is 10.5 Å². The van der Waals surface area contributed by atoms with Gasteiger partial charge in [-0.3, -0.25) is 0 Å². The minimum Gasteiger partial charge on any atom is -0.453 e. The first-order chi connectivity index (χ1) is 9.11. The van der Waals surface area contributed by atoms with Gasteiger partial charge in [-0.05, 0) is 65.1 Å². The Labute approximate surface area is 120 Å². The Kier molecular flexibility index (Phi) is 4.56. The molecule has 0 saturated carbocycles. The highest BCUT2D eigenvalue weighted by molar-refractivity contribution is 9.10. The normalized spacial score (nSPS) is 10.5. The van der Waals surface area contributed by atoms with Crippen LogP contribution in [0.15, 0.2) is 40.9 Å². The minimum absolute atomic E-state index is 0.248. The van der Waals surface area contributed by atoms with Gasteiger partial charge in [0.25, 0.3) is 0 Å². The number of rotatable bonds is 4. The van der Waals surface area contributed by atoms with Crippen molar-refractivity contribution >= 4 is 15.9 Å². The Morgan fingerprint density at radius 2 is 2.05 bits per heavy atom. The van der Waals surface area contributed by atoms with Gasteiger partial charge in [-0.25, -0.2) is 4.39 Å². The number of ether oxygens (including phenoxy) is 1. The fourth-order valence-corrected chi connectivity index (χ4v) is 2.39. The molecular weight excluding hydrogens is 309 g/mol. The summed E-state index contributed by atoms with van der Waals surface area (Å²) in [7, 11) is 0. The SMILES string of the molecule is Cc1ccc(Oc2c(F)cccc2CCN)c(Br)c1. The van der Waals surface area contributed by atoms with Gasteiger partial charge in [0, 0.05) is 0 Å². The van der Waals surface area contributed by atoms with Gasteiger partial charge in [0.05, 0.1) is 4.47 Å². The maximum Gasteiger partial charge on any atom is 0.166 e. The second-order valence-corrected chi connectivity index (χ2v) is 5.16. The quantitative estimate of drug-likeness (QED) is 0.915. The molecule has 100 valence electrons. The first kappa shape index (κ1) is 14.0. The maximum atomic E-state index is 13.9. The van der Waals surface area contributed by atoms with Crippen molar-refractivity contribution in [3.63, 3.8) is 0 Å². The molecule has 0 radical (unpaired) electrons. The smallest absolute Gasteiger partial charge is 0.166 e. The van der Waals surface area contributed by atoms with Crippen LogP contribution in [0.25, 0.3) is 0 Å². The molecule has 19 heavy (non-hydrogen) atoms. The van der Waals surface area contributed by atoms with E-state index in [9.17, 15) is 4.39 Å². The first-order valence-corrected chi connectivity index (χ1v) is 6.82. The van der Waals surface area contributed by atoms with Gasteiger partial charge in [-0.15, -0.1) is 0 Å². The van der Waals surface area contributed by atoms with Crippen molar-refractivity contribution in [2.24, 2.45) is 5.73 Å². The van der Waals surface area contributed by atoms with Crippen molar-refractivity contribution in [2.75, 3.05) is 6.54 Å². The molecule has 2 aromatic carbocycles. The van der Waals surface area contributed by atoms with Crippen LogP contribution in [0, 0.1) is 12.7 Å². The van der Waals surface area contributed by atoms with E-state index in [0.717, 1.165) is 15.6 Å². The zero-order valence-electron chi connectivity index (χ0n) is 10.6. The van der Waals surface area contributed by atoms with Crippen molar-refractivity contribution < 1.29 is 9.13 Å². The van der Waals surface area contributed by atoms with Crippen LogP contribution in [0.5, 0.6) is 11.5 Å². The summed E-state index contributed by atoms with van der Waals surface area (Å²) in [6, 6.07) is 10.5. The molecule has 0 bridgehead atoms. The molecule has 0 aromatic heterocycles. The molecule has 0 aliphatic rings. The molecule has 0 spiro atoms. The largest absolute Gasteiger partial charge is 0.453 e. The van der Waals surface area contributed by atoms with Crippen molar-refractivity contribution in [2.45, 2.75) is 13.3 Å². The number of hydrogen-bond donors (Lipinski definition) is 1. The van der Waals surface area contributed by atoms with E-state index in [0.29, 0.717) is 18.7 Å². The van der Waals surface area contributed by atoms with E-state index in [-0.39, 0.29) is 11.6 Å². The van der Waals surface area contributed by atoms with Crippen LogP contribution in [-0.2, 0) is 6.42 Å². The molecule has 0 fully saturated rings. The Bertz CT molecular complexity index is 586. The highest BCUT2D eigenvalue weighted by Crippen LogP contribution is 2.33. The summed E-state index contributed by atoms with van der Waals surface area (Å²) < 4.78 is 20.4. The van der Waals surface area contributed by atoms with E-state index < -0.39 is 0 Å². The van der Waals surface area contributed by atoms with Crippen LogP contribution >= 0.6 is 15.9 Å². The van der Waals surface area contributed by atoms with E-state index in [2.05, 4.69) is 15.9 Å². The summed E-state index contributed by atoms with van der Waals surface area (Å²) >= 11 is 3.42. The van der Waals surface area contributed by atoms with Crippen LogP contribution in [0.1, 0.15) is 11.1 Å². The molecule has 0 atom stereocenters. The fraction of sp³-hybridized carbons (Fsp3) is 0.200. The molecular formula is C15H15BrFNO. The van der Waals surface area contributed by atoms with E-state index in [4.69, 9.17) is 10.5 Å². The van der Waals surface area contributed by atoms with E-state index in [1.165, 1.54) is 6.07 Å². The summed E-state index contributed by atoms with van der Waals surface area (Å²) in [5, 5.41) is 0. The number of para-hydroxylation sites is 1. The highest BCUT2D eigenvalue weighted by atomic mass is 79.9. The Balaban J connectivity index is 2.37. The lowest BCUT2D eigenvalue weighted by Crippen LogP contribution is -2.05. The fourth-order valence-electron chi connectivity index (χ4n) is 1.82. The van der Waals surface area contributed by atoms with Gasteiger partial charge in [-0.1, -0.05) is 18.2 Å². The van der Waals surface area contributed by atoms with Gasteiger partial charge in [0.2, 0.25) is 0 Å². The molecule has 2 nitrogen and oxygen atoms in total. The summed E-state index contributed by atoms with van der Waals surface area (Å²) in [6.07, 6.45) is 0.580. The molecule has 0 heterocycles. The molecule has 0 saturated heterocycles. The Hall–Kier alpha value is -1.39. The molecule has 0 unspecified atom stereocenters. The van der Waals surface area contributed by atoms with E-state index in [1.54, 1.807) is 6.07 Å². The minimum atomic E-state index is -0.376. The molecule has 0 aliphatic carbocycles. The number of benzene rings is 2. The van der Waals surface area contributed by atoms with Crippen LogP contribution in [-0.4, -0.2) is 6.54 Å². The van der Waals surface area contributed by atoms with E-state index in [1.807, 2.05) is 31.2 Å². The number of nitrogens with two attached hydrogens (primary N) is 1. The summed E-state index contributed by atoms with van der Waals surface area (Å²) in [5.74, 6) is 0.463. The lowest BCUT2D eigenvalue weighted by molar-refractivity contribution is 0.434. The second-order valence-electron chi connectivity index (χ2n) is 4.30. The second kappa shape index (κ2) is 6.17. The topological polar surface area (TPSA) is 35.2 Å². The summed E-state index contributed by atoms with van der Waals surface area (Å²) in [6.45, 7) is 2.44. The molecule has 0 aliphatic heterocycles.